The Morgan fingerprint density at radius 3 is 2.47 bits per heavy atom. The fourth-order valence-corrected chi connectivity index (χ4v) is 1.82. The molecule has 0 aliphatic carbocycles. The molecule has 3 heteroatoms. The maximum atomic E-state index is 12.0. The topological polar surface area (TPSA) is 26.9 Å². The molecule has 0 spiro atoms. The van der Waals surface area contributed by atoms with Crippen LogP contribution in [0.3, 0.4) is 0 Å². The summed E-state index contributed by atoms with van der Waals surface area (Å²) in [6.07, 6.45) is 1.79. The van der Waals surface area contributed by atoms with Crippen LogP contribution in [0.15, 0.2) is 30.5 Å². The zero-order chi connectivity index (χ0) is 11.9. The van der Waals surface area contributed by atoms with Crippen molar-refractivity contribution in [2.45, 2.75) is 26.2 Å². The monoisotopic (exact) mass is 221 g/mol. The quantitative estimate of drug-likeness (QED) is 0.323. The molecule has 1 aromatic carbocycles. The van der Waals surface area contributed by atoms with Gasteiger partial charge in [0.2, 0.25) is 0 Å². The van der Waals surface area contributed by atoms with Crippen LogP contribution < -0.4 is 28.5 Å². The Labute approximate surface area is 114 Å². The molecule has 0 fully saturated rings. The van der Waals surface area contributed by atoms with Gasteiger partial charge in [-0.05, 0) is 16.4 Å². The van der Waals surface area contributed by atoms with Gasteiger partial charge in [-0.15, -0.1) is 0 Å². The van der Waals surface area contributed by atoms with Gasteiger partial charge in [0.1, 0.15) is 5.52 Å². The molecular weight excluding hydrogens is 205 g/mol. The minimum atomic E-state index is -0.00477. The molecule has 0 atom stereocenters. The first kappa shape index (κ1) is 14.0. The summed E-state index contributed by atoms with van der Waals surface area (Å²) in [5.41, 5.74) is 1.72. The van der Waals surface area contributed by atoms with E-state index in [1.807, 2.05) is 12.1 Å². The van der Waals surface area contributed by atoms with Crippen LogP contribution in [0.5, 0.6) is 5.75 Å². The van der Waals surface area contributed by atoms with Gasteiger partial charge in [0, 0.05) is 7.05 Å². The van der Waals surface area contributed by atoms with Gasteiger partial charge in [0.15, 0.2) is 0 Å². The third-order valence-corrected chi connectivity index (χ3v) is 2.80. The Balaban J connectivity index is 0.00000144. The average Bonchev–Trinajstić information content (AvgIpc) is 2.15. The van der Waals surface area contributed by atoms with Crippen LogP contribution in [-0.2, 0) is 5.41 Å². The smallest absolute Gasteiger partial charge is 0.877 e. The molecule has 84 valence electrons. The predicted octanol–water partition coefficient (Wildman–Crippen LogP) is -0.858. The first-order valence-corrected chi connectivity index (χ1v) is 5.36. The summed E-state index contributed by atoms with van der Waals surface area (Å²) in [6, 6.07) is 7.64. The molecule has 1 heterocycles. The van der Waals surface area contributed by atoms with E-state index in [0.29, 0.717) is 5.52 Å². The summed E-state index contributed by atoms with van der Waals surface area (Å²) < 4.78 is 1.63. The Morgan fingerprint density at radius 1 is 1.24 bits per heavy atom. The summed E-state index contributed by atoms with van der Waals surface area (Å²) in [4.78, 5) is 0. The zero-order valence-corrected chi connectivity index (χ0v) is 10.9. The third kappa shape index (κ3) is 2.60. The van der Waals surface area contributed by atoms with Crippen molar-refractivity contribution in [1.29, 1.82) is 0 Å². The summed E-state index contributed by atoms with van der Waals surface area (Å²) in [5, 5.41) is 13.0. The van der Waals surface area contributed by atoms with Gasteiger partial charge in [-0.3, -0.25) is 0 Å². The normalized spacial score (nSPS) is 11.2. The fourth-order valence-electron chi connectivity index (χ4n) is 1.82. The van der Waals surface area contributed by atoms with E-state index in [2.05, 4.69) is 33.9 Å². The Kier molecular flexibility index (Phi) is 3.81. The molecule has 17 heavy (non-hydrogen) atoms. The molecule has 0 bridgehead atoms. The van der Waals surface area contributed by atoms with Gasteiger partial charge < -0.3 is 9.67 Å². The van der Waals surface area contributed by atoms with Gasteiger partial charge >= 0.3 is 18.9 Å². The second-order valence-electron chi connectivity index (χ2n) is 5.14. The van der Waals surface area contributed by atoms with Crippen LogP contribution in [0.25, 0.3) is 10.9 Å². The second kappa shape index (κ2) is 4.64. The molecule has 0 radical (unpaired) electrons. The molecule has 0 aliphatic heterocycles. The molecule has 2 rings (SSSR count). The molecule has 0 amide bonds. The van der Waals surface area contributed by atoms with E-state index in [1.54, 1.807) is 16.8 Å². The van der Waals surface area contributed by atoms with E-state index in [0.717, 1.165) is 10.9 Å². The van der Waals surface area contributed by atoms with E-state index in [4.69, 9.17) is 0 Å². The Hall–Kier alpha value is -1.10. The van der Waals surface area contributed by atoms with Gasteiger partial charge in [-0.1, -0.05) is 50.8 Å². The molecule has 0 N–H and O–H groups in total. The maximum absolute atomic E-state index is 12.0. The first-order valence-electron chi connectivity index (χ1n) is 5.36. The number of aromatic nitrogens is 1. The van der Waals surface area contributed by atoms with Gasteiger partial charge in [0.25, 0.3) is 0 Å². The van der Waals surface area contributed by atoms with E-state index in [-0.39, 0.29) is 30.0 Å². The van der Waals surface area contributed by atoms with Crippen molar-refractivity contribution < 1.29 is 28.5 Å². The predicted molar refractivity (Wildman–Crippen MR) is 63.0 cm³/mol. The van der Waals surface area contributed by atoms with Crippen molar-refractivity contribution in [3.63, 3.8) is 0 Å². The number of nitrogens with zero attached hydrogens (tertiary/aromatic N) is 1. The third-order valence-electron chi connectivity index (χ3n) is 2.80. The Bertz CT molecular complexity index is 544. The number of hydrogen-bond donors (Lipinski definition) is 0. The molecular formula is C14H16LiNO. The maximum Gasteiger partial charge on any atom is 1.00 e. The van der Waals surface area contributed by atoms with Gasteiger partial charge in [-0.25, -0.2) is 0 Å². The van der Waals surface area contributed by atoms with Crippen LogP contribution in [0.1, 0.15) is 26.3 Å². The average molecular weight is 221 g/mol. The summed E-state index contributed by atoms with van der Waals surface area (Å²) in [6.45, 7) is 6.32. The molecule has 0 saturated carbocycles. The zero-order valence-electron chi connectivity index (χ0n) is 10.9. The van der Waals surface area contributed by atoms with Crippen LogP contribution in [0, 0.1) is 7.05 Å². The largest absolute Gasteiger partial charge is 1.00 e. The Morgan fingerprint density at radius 2 is 1.88 bits per heavy atom. The van der Waals surface area contributed by atoms with Crippen molar-refractivity contribution >= 4 is 10.9 Å². The summed E-state index contributed by atoms with van der Waals surface area (Å²) >= 11 is 0. The number of hydrogen-bond acceptors (Lipinski definition) is 1. The molecule has 2 aromatic rings. The summed E-state index contributed by atoms with van der Waals surface area (Å²) in [7, 11) is 3.82. The van der Waals surface area contributed by atoms with E-state index in [9.17, 15) is 5.11 Å². The number of benzene rings is 1. The molecule has 0 saturated heterocycles. The summed E-state index contributed by atoms with van der Waals surface area (Å²) in [5.74, 6) is 0.0398. The fraction of sp³-hybridized carbons (Fsp3) is 0.286. The van der Waals surface area contributed by atoms with Crippen molar-refractivity contribution in [3.8, 4) is 5.75 Å². The molecule has 0 unspecified atom stereocenters. The SMILES string of the molecule is [CH2-][n+]1cccc2cc(C(C)(C)C)cc([O-])c21.[Li+]. The first-order chi connectivity index (χ1) is 7.39. The van der Waals surface area contributed by atoms with Crippen molar-refractivity contribution in [2.75, 3.05) is 0 Å². The minimum Gasteiger partial charge on any atom is -0.877 e. The number of rotatable bonds is 0. The number of fused-ring (bicyclic) bond motifs is 1. The van der Waals surface area contributed by atoms with Gasteiger partial charge in [-0.2, -0.15) is 0 Å². The van der Waals surface area contributed by atoms with Crippen molar-refractivity contribution in [2.24, 2.45) is 0 Å². The standard InChI is InChI=1S/C14H17NO.Li/c1-14(2,3)11-8-10-6-5-7-15(4)13(10)12(16)9-11;/h5-9,16H,4H2,1-3H3;/q;+1/p-1. The van der Waals surface area contributed by atoms with E-state index in [1.165, 1.54) is 0 Å². The second-order valence-corrected chi connectivity index (χ2v) is 5.14. The van der Waals surface area contributed by atoms with E-state index < -0.39 is 0 Å². The van der Waals surface area contributed by atoms with Gasteiger partial charge in [0.05, 0.1) is 6.20 Å². The van der Waals surface area contributed by atoms with E-state index >= 15 is 0 Å². The molecule has 1 aromatic heterocycles. The van der Waals surface area contributed by atoms with Crippen molar-refractivity contribution in [3.05, 3.63) is 43.1 Å². The van der Waals surface area contributed by atoms with Crippen LogP contribution in [-0.4, -0.2) is 0 Å². The number of pyridine rings is 1. The van der Waals surface area contributed by atoms with Crippen LogP contribution in [0.4, 0.5) is 0 Å². The van der Waals surface area contributed by atoms with Crippen molar-refractivity contribution in [1.82, 2.24) is 0 Å². The minimum absolute atomic E-state index is 0. The van der Waals surface area contributed by atoms with Crippen LogP contribution in [0.2, 0.25) is 0 Å². The molecule has 0 aliphatic rings. The molecule has 2 nitrogen and oxygen atoms in total. The van der Waals surface area contributed by atoms with Crippen LogP contribution >= 0.6 is 0 Å².